The molecule has 0 aliphatic heterocycles. The van der Waals surface area contributed by atoms with Gasteiger partial charge in [0.25, 0.3) is 5.91 Å². The summed E-state index contributed by atoms with van der Waals surface area (Å²) in [5.74, 6) is -1.36. The van der Waals surface area contributed by atoms with E-state index in [9.17, 15) is 18.0 Å². The second-order valence-corrected chi connectivity index (χ2v) is 8.90. The lowest BCUT2D eigenvalue weighted by Gasteiger charge is -2.14. The zero-order chi connectivity index (χ0) is 21.6. The molecule has 1 amide bonds. The van der Waals surface area contributed by atoms with Gasteiger partial charge in [-0.25, -0.2) is 13.1 Å². The quantitative estimate of drug-likeness (QED) is 0.559. The van der Waals surface area contributed by atoms with Gasteiger partial charge in [0.2, 0.25) is 10.0 Å². The van der Waals surface area contributed by atoms with Gasteiger partial charge in [-0.3, -0.25) is 9.59 Å². The summed E-state index contributed by atoms with van der Waals surface area (Å²) in [6.45, 7) is 1.17. The maximum Gasteiger partial charge on any atom is 0.307 e. The van der Waals surface area contributed by atoms with E-state index in [0.29, 0.717) is 5.02 Å². The first-order chi connectivity index (χ1) is 13.6. The van der Waals surface area contributed by atoms with Crippen LogP contribution >= 0.6 is 34.8 Å². The van der Waals surface area contributed by atoms with Crippen LogP contribution in [-0.4, -0.2) is 32.9 Å². The highest BCUT2D eigenvalue weighted by atomic mass is 35.5. The molecule has 2 N–H and O–H groups in total. The SMILES string of the molecule is CC(OC(=O)CCNS(=O)(=O)c1cccc(Cl)c1)C(=O)Nc1cc(Cl)ccc1Cl. The summed E-state index contributed by atoms with van der Waals surface area (Å²) in [5, 5.41) is 3.43. The van der Waals surface area contributed by atoms with Crippen molar-refractivity contribution in [2.24, 2.45) is 0 Å². The Morgan fingerprint density at radius 3 is 2.45 bits per heavy atom. The van der Waals surface area contributed by atoms with E-state index < -0.39 is 28.0 Å². The number of carbonyl (C=O) groups excluding carboxylic acids is 2. The van der Waals surface area contributed by atoms with Crippen molar-refractivity contribution in [3.63, 3.8) is 0 Å². The molecule has 0 fully saturated rings. The first kappa shape index (κ1) is 23.4. The van der Waals surface area contributed by atoms with E-state index in [1.807, 2.05) is 0 Å². The van der Waals surface area contributed by atoms with E-state index in [1.165, 1.54) is 37.3 Å². The van der Waals surface area contributed by atoms with Gasteiger partial charge in [-0.05, 0) is 43.3 Å². The van der Waals surface area contributed by atoms with Crippen LogP contribution in [0.15, 0.2) is 47.4 Å². The monoisotopic (exact) mass is 478 g/mol. The molecule has 0 saturated heterocycles. The molecule has 1 atom stereocenters. The molecule has 0 radical (unpaired) electrons. The topological polar surface area (TPSA) is 102 Å². The molecule has 156 valence electrons. The molecule has 2 aromatic carbocycles. The third kappa shape index (κ3) is 7.17. The van der Waals surface area contributed by atoms with Crippen LogP contribution in [0.2, 0.25) is 15.1 Å². The third-order valence-corrected chi connectivity index (χ3v) is 5.85. The van der Waals surface area contributed by atoms with Gasteiger partial charge in [-0.2, -0.15) is 0 Å². The van der Waals surface area contributed by atoms with Gasteiger partial charge in [0, 0.05) is 16.6 Å². The fourth-order valence-electron chi connectivity index (χ4n) is 2.14. The van der Waals surface area contributed by atoms with Crippen molar-refractivity contribution in [3.8, 4) is 0 Å². The highest BCUT2D eigenvalue weighted by Crippen LogP contribution is 2.25. The van der Waals surface area contributed by atoms with Crippen LogP contribution in [0.25, 0.3) is 0 Å². The first-order valence-electron chi connectivity index (χ1n) is 8.29. The number of sulfonamides is 1. The first-order valence-corrected chi connectivity index (χ1v) is 10.9. The molecule has 2 aromatic rings. The van der Waals surface area contributed by atoms with Crippen LogP contribution in [0.5, 0.6) is 0 Å². The van der Waals surface area contributed by atoms with Gasteiger partial charge in [-0.15, -0.1) is 0 Å². The molecule has 7 nitrogen and oxygen atoms in total. The predicted molar refractivity (Wildman–Crippen MR) is 112 cm³/mol. The number of carbonyl (C=O) groups is 2. The molecule has 0 heterocycles. The smallest absolute Gasteiger partial charge is 0.307 e. The molecule has 0 spiro atoms. The molecule has 29 heavy (non-hydrogen) atoms. The van der Waals surface area contributed by atoms with E-state index in [1.54, 1.807) is 12.1 Å². The fraction of sp³-hybridized carbons (Fsp3) is 0.222. The van der Waals surface area contributed by atoms with E-state index in [2.05, 4.69) is 10.0 Å². The second-order valence-electron chi connectivity index (χ2n) is 5.85. The Kier molecular flexibility index (Phi) is 8.30. The molecular weight excluding hydrogens is 463 g/mol. The molecule has 1 unspecified atom stereocenters. The number of amides is 1. The van der Waals surface area contributed by atoms with Gasteiger partial charge >= 0.3 is 5.97 Å². The van der Waals surface area contributed by atoms with Crippen molar-refractivity contribution < 1.29 is 22.7 Å². The minimum atomic E-state index is -3.82. The van der Waals surface area contributed by atoms with E-state index in [0.717, 1.165) is 0 Å². The number of halogens is 3. The van der Waals surface area contributed by atoms with E-state index in [4.69, 9.17) is 39.5 Å². The number of anilines is 1. The maximum atomic E-state index is 12.1. The van der Waals surface area contributed by atoms with Crippen LogP contribution in [0, 0.1) is 0 Å². The van der Waals surface area contributed by atoms with Crippen LogP contribution in [0.1, 0.15) is 13.3 Å². The van der Waals surface area contributed by atoms with Crippen molar-refractivity contribution in [1.29, 1.82) is 0 Å². The largest absolute Gasteiger partial charge is 0.452 e. The Hall–Kier alpha value is -1.84. The number of benzene rings is 2. The summed E-state index contributed by atoms with van der Waals surface area (Å²) in [6, 6.07) is 10.2. The number of ether oxygens (including phenoxy) is 1. The third-order valence-electron chi connectivity index (χ3n) is 3.59. The Bertz CT molecular complexity index is 1010. The summed E-state index contributed by atoms with van der Waals surface area (Å²) in [4.78, 5) is 24.0. The second kappa shape index (κ2) is 10.3. The Morgan fingerprint density at radius 1 is 1.07 bits per heavy atom. The van der Waals surface area contributed by atoms with Gasteiger partial charge in [0.05, 0.1) is 22.0 Å². The minimum Gasteiger partial charge on any atom is -0.452 e. The van der Waals surface area contributed by atoms with Gasteiger partial charge in [-0.1, -0.05) is 40.9 Å². The standard InChI is InChI=1S/C18H17Cl3N2O5S/c1-11(18(25)23-16-10-13(20)5-6-15(16)21)28-17(24)7-8-22-29(26,27)14-4-2-3-12(19)9-14/h2-6,9-11,22H,7-8H2,1H3,(H,23,25). The Labute approximate surface area is 183 Å². The van der Waals surface area contributed by atoms with Crippen LogP contribution in [0.3, 0.4) is 0 Å². The average Bonchev–Trinajstić information content (AvgIpc) is 2.64. The number of nitrogens with one attached hydrogen (secondary N) is 2. The van der Waals surface area contributed by atoms with Gasteiger partial charge in [0.1, 0.15) is 0 Å². The number of hydrogen-bond donors (Lipinski definition) is 2. The van der Waals surface area contributed by atoms with E-state index >= 15 is 0 Å². The zero-order valence-electron chi connectivity index (χ0n) is 15.1. The van der Waals surface area contributed by atoms with Crippen LogP contribution in [-0.2, 0) is 24.3 Å². The molecule has 0 aliphatic rings. The van der Waals surface area contributed by atoms with Crippen molar-refractivity contribution >= 4 is 62.4 Å². The zero-order valence-corrected chi connectivity index (χ0v) is 18.2. The van der Waals surface area contributed by atoms with Gasteiger partial charge in [0.15, 0.2) is 6.10 Å². The highest BCUT2D eigenvalue weighted by Gasteiger charge is 2.20. The highest BCUT2D eigenvalue weighted by molar-refractivity contribution is 7.89. The number of hydrogen-bond acceptors (Lipinski definition) is 5. The van der Waals surface area contributed by atoms with E-state index in [-0.39, 0.29) is 33.6 Å². The van der Waals surface area contributed by atoms with Crippen molar-refractivity contribution in [1.82, 2.24) is 4.72 Å². The van der Waals surface area contributed by atoms with Crippen molar-refractivity contribution in [3.05, 3.63) is 57.5 Å². The molecule has 11 heteroatoms. The summed E-state index contributed by atoms with van der Waals surface area (Å²) >= 11 is 17.6. The van der Waals surface area contributed by atoms with Crippen molar-refractivity contribution in [2.45, 2.75) is 24.3 Å². The maximum absolute atomic E-state index is 12.1. The molecule has 2 rings (SSSR count). The molecule has 0 saturated carbocycles. The molecule has 0 bridgehead atoms. The predicted octanol–water partition coefficient (Wildman–Crippen LogP) is 3.89. The normalized spacial score (nSPS) is 12.3. The van der Waals surface area contributed by atoms with Crippen LogP contribution < -0.4 is 10.0 Å². The molecular formula is C18H17Cl3N2O5S. The summed E-state index contributed by atoms with van der Waals surface area (Å²) in [6.07, 6.45) is -1.39. The molecule has 0 aliphatic carbocycles. The summed E-state index contributed by atoms with van der Waals surface area (Å²) < 4.78 is 31.6. The number of rotatable bonds is 8. The van der Waals surface area contributed by atoms with Crippen molar-refractivity contribution in [2.75, 3.05) is 11.9 Å². The fourth-order valence-corrected chi connectivity index (χ4v) is 3.81. The summed E-state index contributed by atoms with van der Waals surface area (Å²) in [5.41, 5.74) is 0.279. The lowest BCUT2D eigenvalue weighted by molar-refractivity contribution is -0.152. The number of esters is 1. The molecule has 0 aromatic heterocycles. The van der Waals surface area contributed by atoms with Crippen LogP contribution in [0.4, 0.5) is 5.69 Å². The summed E-state index contributed by atoms with van der Waals surface area (Å²) in [7, 11) is -3.82. The van der Waals surface area contributed by atoms with Gasteiger partial charge < -0.3 is 10.1 Å². The lowest BCUT2D eigenvalue weighted by atomic mass is 10.3. The average molecular weight is 480 g/mol. The Morgan fingerprint density at radius 2 is 1.76 bits per heavy atom. The lowest BCUT2D eigenvalue weighted by Crippen LogP contribution is -2.32. The minimum absolute atomic E-state index is 0.0236. The Balaban J connectivity index is 1.84.